The molecule has 0 spiro atoms. The van der Waals surface area contributed by atoms with Gasteiger partial charge in [0, 0.05) is 25.2 Å². The van der Waals surface area contributed by atoms with Gasteiger partial charge < -0.3 is 14.8 Å². The van der Waals surface area contributed by atoms with Crippen molar-refractivity contribution in [3.8, 4) is 0 Å². The van der Waals surface area contributed by atoms with Gasteiger partial charge in [0.2, 0.25) is 5.91 Å². The van der Waals surface area contributed by atoms with Gasteiger partial charge in [-0.15, -0.1) is 0 Å². The number of hydrogen-bond donors (Lipinski definition) is 1. The van der Waals surface area contributed by atoms with Gasteiger partial charge in [0.1, 0.15) is 5.82 Å². The number of aromatic nitrogens is 2. The van der Waals surface area contributed by atoms with Crippen molar-refractivity contribution in [2.75, 3.05) is 27.2 Å². The molecular formula is C18H25FN4O. The molecule has 1 heterocycles. The number of amides is 1. The van der Waals surface area contributed by atoms with E-state index in [9.17, 15) is 9.18 Å². The quantitative estimate of drug-likeness (QED) is 0.807. The lowest BCUT2D eigenvalue weighted by atomic mass is 10.1. The Morgan fingerprint density at radius 3 is 2.50 bits per heavy atom. The Balaban J connectivity index is 1.97. The number of carbonyl (C=O) groups is 1. The standard InChI is InChI=1S/C18H25FN4O/c1-14-17(21-13-20-14)12-23(11-10-22(2)3)18(24)9-6-15-4-7-16(19)8-5-15/h4-5,7-8,13H,6,9-12H2,1-3H3,(H,20,21). The fraction of sp³-hybridized carbons (Fsp3) is 0.444. The third-order valence-corrected chi connectivity index (χ3v) is 3.99. The normalized spacial score (nSPS) is 11.0. The topological polar surface area (TPSA) is 52.2 Å². The largest absolute Gasteiger partial charge is 0.348 e. The summed E-state index contributed by atoms with van der Waals surface area (Å²) in [6.07, 6.45) is 2.66. The second-order valence-electron chi connectivity index (χ2n) is 6.22. The smallest absolute Gasteiger partial charge is 0.223 e. The Labute approximate surface area is 142 Å². The summed E-state index contributed by atoms with van der Waals surface area (Å²) in [6.45, 7) is 3.91. The van der Waals surface area contributed by atoms with Gasteiger partial charge in [-0.1, -0.05) is 12.1 Å². The van der Waals surface area contributed by atoms with E-state index < -0.39 is 0 Å². The third kappa shape index (κ3) is 5.45. The lowest BCUT2D eigenvalue weighted by Gasteiger charge is -2.24. The molecule has 5 nitrogen and oxygen atoms in total. The first-order valence-corrected chi connectivity index (χ1v) is 8.11. The Bertz CT molecular complexity index is 651. The highest BCUT2D eigenvalue weighted by molar-refractivity contribution is 5.76. The first-order valence-electron chi connectivity index (χ1n) is 8.11. The van der Waals surface area contributed by atoms with Gasteiger partial charge in [0.15, 0.2) is 0 Å². The van der Waals surface area contributed by atoms with Crippen molar-refractivity contribution >= 4 is 5.91 Å². The van der Waals surface area contributed by atoms with E-state index in [1.807, 2.05) is 25.9 Å². The number of carbonyl (C=O) groups excluding carboxylic acids is 1. The first-order chi connectivity index (χ1) is 11.5. The van der Waals surface area contributed by atoms with Gasteiger partial charge >= 0.3 is 0 Å². The molecule has 24 heavy (non-hydrogen) atoms. The number of aromatic amines is 1. The molecule has 0 saturated carbocycles. The zero-order valence-corrected chi connectivity index (χ0v) is 14.6. The van der Waals surface area contributed by atoms with Crippen LogP contribution in [-0.2, 0) is 17.8 Å². The molecule has 2 rings (SSSR count). The molecule has 0 aliphatic carbocycles. The lowest BCUT2D eigenvalue weighted by molar-refractivity contribution is -0.132. The molecule has 1 aromatic carbocycles. The van der Waals surface area contributed by atoms with E-state index in [1.54, 1.807) is 18.5 Å². The van der Waals surface area contributed by atoms with E-state index in [0.29, 0.717) is 25.9 Å². The molecule has 0 aliphatic heterocycles. The number of benzene rings is 1. The van der Waals surface area contributed by atoms with E-state index in [0.717, 1.165) is 23.5 Å². The summed E-state index contributed by atoms with van der Waals surface area (Å²) in [5.41, 5.74) is 2.84. The van der Waals surface area contributed by atoms with Crippen LogP contribution in [0.2, 0.25) is 0 Å². The molecule has 130 valence electrons. The number of imidazole rings is 1. The lowest BCUT2D eigenvalue weighted by Crippen LogP contribution is -2.36. The number of aryl methyl sites for hydroxylation is 2. The maximum Gasteiger partial charge on any atom is 0.223 e. The minimum absolute atomic E-state index is 0.0866. The van der Waals surface area contributed by atoms with Crippen LogP contribution in [0.5, 0.6) is 0 Å². The number of nitrogens with one attached hydrogen (secondary N) is 1. The van der Waals surface area contributed by atoms with Crippen LogP contribution < -0.4 is 0 Å². The van der Waals surface area contributed by atoms with Crippen molar-refractivity contribution in [2.45, 2.75) is 26.3 Å². The number of H-pyrrole nitrogens is 1. The molecule has 0 aliphatic rings. The monoisotopic (exact) mass is 332 g/mol. The molecule has 0 bridgehead atoms. The van der Waals surface area contributed by atoms with Crippen molar-refractivity contribution < 1.29 is 9.18 Å². The predicted octanol–water partition coefficient (Wildman–Crippen LogP) is 2.38. The molecule has 1 aromatic heterocycles. The van der Waals surface area contributed by atoms with Gasteiger partial charge in [-0.3, -0.25) is 4.79 Å². The predicted molar refractivity (Wildman–Crippen MR) is 92.0 cm³/mol. The number of rotatable bonds is 8. The summed E-state index contributed by atoms with van der Waals surface area (Å²) in [7, 11) is 3.97. The summed E-state index contributed by atoms with van der Waals surface area (Å²) in [5, 5.41) is 0. The molecule has 6 heteroatoms. The summed E-state index contributed by atoms with van der Waals surface area (Å²) >= 11 is 0. The van der Waals surface area contributed by atoms with E-state index in [2.05, 4.69) is 14.9 Å². The maximum atomic E-state index is 12.9. The maximum absolute atomic E-state index is 12.9. The van der Waals surface area contributed by atoms with Gasteiger partial charge in [-0.2, -0.15) is 0 Å². The van der Waals surface area contributed by atoms with E-state index in [4.69, 9.17) is 0 Å². The van der Waals surface area contributed by atoms with Crippen LogP contribution in [0.3, 0.4) is 0 Å². The van der Waals surface area contributed by atoms with Gasteiger partial charge in [0.25, 0.3) is 0 Å². The van der Waals surface area contributed by atoms with Crippen LogP contribution in [0.1, 0.15) is 23.4 Å². The second kappa shape index (κ2) is 8.59. The van der Waals surface area contributed by atoms with E-state index in [1.165, 1.54) is 12.1 Å². The fourth-order valence-corrected chi connectivity index (χ4v) is 2.40. The van der Waals surface area contributed by atoms with Crippen LogP contribution in [0.15, 0.2) is 30.6 Å². The van der Waals surface area contributed by atoms with Crippen molar-refractivity contribution in [2.24, 2.45) is 0 Å². The number of halogens is 1. The molecule has 0 radical (unpaired) electrons. The van der Waals surface area contributed by atoms with Crippen LogP contribution in [0.25, 0.3) is 0 Å². The van der Waals surface area contributed by atoms with Crippen LogP contribution in [-0.4, -0.2) is 52.9 Å². The molecule has 0 fully saturated rings. The molecule has 1 N–H and O–H groups in total. The van der Waals surface area contributed by atoms with Crippen molar-refractivity contribution in [3.05, 3.63) is 53.4 Å². The highest BCUT2D eigenvalue weighted by Crippen LogP contribution is 2.10. The average molecular weight is 332 g/mol. The Morgan fingerprint density at radius 2 is 1.92 bits per heavy atom. The summed E-state index contributed by atoms with van der Waals surface area (Å²) in [6, 6.07) is 6.31. The van der Waals surface area contributed by atoms with E-state index >= 15 is 0 Å². The molecule has 2 aromatic rings. The average Bonchev–Trinajstić information content (AvgIpc) is 2.95. The highest BCUT2D eigenvalue weighted by Gasteiger charge is 2.16. The van der Waals surface area contributed by atoms with E-state index in [-0.39, 0.29) is 11.7 Å². The minimum atomic E-state index is -0.258. The number of likely N-dealkylation sites (N-methyl/N-ethyl adjacent to an activating group) is 1. The Kier molecular flexibility index (Phi) is 6.49. The number of nitrogens with zero attached hydrogens (tertiary/aromatic N) is 3. The van der Waals surface area contributed by atoms with Gasteiger partial charge in [-0.05, 0) is 45.1 Å². The van der Waals surface area contributed by atoms with Crippen molar-refractivity contribution in [3.63, 3.8) is 0 Å². The highest BCUT2D eigenvalue weighted by atomic mass is 19.1. The zero-order chi connectivity index (χ0) is 17.5. The van der Waals surface area contributed by atoms with Crippen LogP contribution in [0.4, 0.5) is 4.39 Å². The zero-order valence-electron chi connectivity index (χ0n) is 14.6. The van der Waals surface area contributed by atoms with Gasteiger partial charge in [-0.25, -0.2) is 9.37 Å². The van der Waals surface area contributed by atoms with Gasteiger partial charge in [0.05, 0.1) is 18.6 Å². The van der Waals surface area contributed by atoms with Crippen LogP contribution >= 0.6 is 0 Å². The Morgan fingerprint density at radius 1 is 1.21 bits per heavy atom. The third-order valence-electron chi connectivity index (χ3n) is 3.99. The molecule has 1 amide bonds. The molecular weight excluding hydrogens is 307 g/mol. The van der Waals surface area contributed by atoms with Crippen molar-refractivity contribution in [1.82, 2.24) is 19.8 Å². The number of hydrogen-bond acceptors (Lipinski definition) is 3. The van der Waals surface area contributed by atoms with Crippen molar-refractivity contribution in [1.29, 1.82) is 0 Å². The summed E-state index contributed by atoms with van der Waals surface area (Å²) < 4.78 is 12.9. The molecule has 0 saturated heterocycles. The summed E-state index contributed by atoms with van der Waals surface area (Å²) in [4.78, 5) is 23.9. The summed E-state index contributed by atoms with van der Waals surface area (Å²) in [5.74, 6) is -0.171. The second-order valence-corrected chi connectivity index (χ2v) is 6.22. The SMILES string of the molecule is Cc1[nH]cnc1CN(CCN(C)C)C(=O)CCc1ccc(F)cc1. The fourth-order valence-electron chi connectivity index (χ4n) is 2.40. The first kappa shape index (κ1) is 18.1. The molecule has 0 atom stereocenters. The minimum Gasteiger partial charge on any atom is -0.348 e. The van der Waals surface area contributed by atoms with Crippen LogP contribution in [0, 0.1) is 12.7 Å². The molecule has 0 unspecified atom stereocenters. The Hall–Kier alpha value is -2.21.